The van der Waals surface area contributed by atoms with E-state index < -0.39 is 25.6 Å². The Labute approximate surface area is 79.2 Å². The Bertz CT molecular complexity index is 439. The molecule has 0 amide bonds. The van der Waals surface area contributed by atoms with Gasteiger partial charge in [0.1, 0.15) is 0 Å². The minimum Gasteiger partial charge on any atom is -0.412 e. The number of hydrogen-bond acceptors (Lipinski definition) is 4. The normalized spacial score (nSPS) is 10.4. The second-order valence-electron chi connectivity index (χ2n) is 2.20. The van der Waals surface area contributed by atoms with Gasteiger partial charge in [0, 0.05) is 6.07 Å². The monoisotopic (exact) mass is 221 g/mol. The van der Waals surface area contributed by atoms with E-state index >= 15 is 0 Å². The van der Waals surface area contributed by atoms with Crippen LogP contribution in [0.2, 0.25) is 0 Å². The molecule has 0 saturated heterocycles. The first-order chi connectivity index (χ1) is 5.93. The van der Waals surface area contributed by atoms with Gasteiger partial charge in [0.25, 0.3) is 5.69 Å². The summed E-state index contributed by atoms with van der Waals surface area (Å²) in [5.74, 6) is 0. The summed E-state index contributed by atoms with van der Waals surface area (Å²) >= 11 is 0. The molecule has 0 saturated carbocycles. The molecule has 1 rings (SSSR count). The minimum absolute atomic E-state index is 0. The van der Waals surface area contributed by atoms with Gasteiger partial charge in [-0.15, -0.1) is 0 Å². The van der Waals surface area contributed by atoms with Crippen LogP contribution in [0.15, 0.2) is 29.2 Å². The van der Waals surface area contributed by atoms with Crippen LogP contribution in [-0.4, -0.2) is 23.4 Å². The lowest BCUT2D eigenvalue weighted by molar-refractivity contribution is -0.387. The summed E-state index contributed by atoms with van der Waals surface area (Å²) < 4.78 is 29.8. The molecule has 78 valence electrons. The maximum Gasteiger partial charge on any atom is 0.301 e. The molecule has 14 heavy (non-hydrogen) atoms. The molecule has 3 N–H and O–H groups in total. The summed E-state index contributed by atoms with van der Waals surface area (Å²) in [7, 11) is -4.52. The molecular formula is C6H7NO6S. The van der Waals surface area contributed by atoms with Crippen molar-refractivity contribution in [2.45, 2.75) is 4.90 Å². The van der Waals surface area contributed by atoms with Gasteiger partial charge in [-0.25, -0.2) is 0 Å². The lowest BCUT2D eigenvalue weighted by Gasteiger charge is -1.97. The molecule has 0 aromatic heterocycles. The van der Waals surface area contributed by atoms with Crippen LogP contribution in [0.4, 0.5) is 5.69 Å². The molecule has 0 aliphatic heterocycles. The van der Waals surface area contributed by atoms with Crippen molar-refractivity contribution in [1.29, 1.82) is 0 Å². The fourth-order valence-corrected chi connectivity index (χ4v) is 1.48. The Morgan fingerprint density at radius 2 is 1.79 bits per heavy atom. The predicted octanol–water partition coefficient (Wildman–Crippen LogP) is 0.0168. The fourth-order valence-electron chi connectivity index (χ4n) is 0.826. The van der Waals surface area contributed by atoms with E-state index in [1.54, 1.807) is 0 Å². The van der Waals surface area contributed by atoms with Gasteiger partial charge >= 0.3 is 10.1 Å². The van der Waals surface area contributed by atoms with Crippen molar-refractivity contribution in [2.75, 3.05) is 0 Å². The Kier molecular flexibility index (Phi) is 3.69. The van der Waals surface area contributed by atoms with Crippen molar-refractivity contribution >= 4 is 15.8 Å². The first-order valence-electron chi connectivity index (χ1n) is 3.14. The van der Waals surface area contributed by atoms with Crippen molar-refractivity contribution in [2.24, 2.45) is 0 Å². The van der Waals surface area contributed by atoms with Crippen LogP contribution in [-0.2, 0) is 10.1 Å². The van der Waals surface area contributed by atoms with E-state index in [-0.39, 0.29) is 5.48 Å². The van der Waals surface area contributed by atoms with Crippen LogP contribution in [0.5, 0.6) is 0 Å². The average Bonchev–Trinajstić information content (AvgIpc) is 2.03. The molecule has 8 heteroatoms. The highest BCUT2D eigenvalue weighted by molar-refractivity contribution is 7.86. The number of hydrogen-bond donors (Lipinski definition) is 1. The van der Waals surface area contributed by atoms with Crippen molar-refractivity contribution in [3.05, 3.63) is 34.4 Å². The maximum absolute atomic E-state index is 10.6. The van der Waals surface area contributed by atoms with E-state index in [0.29, 0.717) is 0 Å². The second kappa shape index (κ2) is 4.13. The lowest BCUT2D eigenvalue weighted by atomic mass is 10.3. The van der Waals surface area contributed by atoms with Gasteiger partial charge in [0.15, 0.2) is 4.90 Å². The van der Waals surface area contributed by atoms with Gasteiger partial charge in [-0.1, -0.05) is 12.1 Å². The van der Waals surface area contributed by atoms with E-state index in [1.165, 1.54) is 12.1 Å². The number of nitro benzene ring substituents is 1. The molecular weight excluding hydrogens is 214 g/mol. The maximum atomic E-state index is 10.6. The summed E-state index contributed by atoms with van der Waals surface area (Å²) in [6.07, 6.45) is 0. The summed E-state index contributed by atoms with van der Waals surface area (Å²) in [4.78, 5) is 8.73. The summed E-state index contributed by atoms with van der Waals surface area (Å²) in [6.45, 7) is 0. The largest absolute Gasteiger partial charge is 0.412 e. The standard InChI is InChI=1S/C6H5NO5S.H2O/c8-7(9)5-3-1-2-4-6(5)13(10,11)12;/h1-4H,(H,10,11,12);1H2. The lowest BCUT2D eigenvalue weighted by Crippen LogP contribution is -2.02. The highest BCUT2D eigenvalue weighted by Crippen LogP contribution is 2.21. The zero-order valence-corrected chi connectivity index (χ0v) is 7.56. The molecule has 0 heterocycles. The van der Waals surface area contributed by atoms with Crippen LogP contribution in [0, 0.1) is 10.1 Å². The van der Waals surface area contributed by atoms with Gasteiger partial charge in [-0.2, -0.15) is 8.42 Å². The van der Waals surface area contributed by atoms with Gasteiger partial charge in [0.05, 0.1) is 4.92 Å². The Balaban J connectivity index is 0.00000169. The van der Waals surface area contributed by atoms with E-state index in [2.05, 4.69) is 0 Å². The molecule has 1 aromatic rings. The van der Waals surface area contributed by atoms with Crippen LogP contribution in [0.1, 0.15) is 0 Å². The van der Waals surface area contributed by atoms with Gasteiger partial charge in [-0.3, -0.25) is 14.7 Å². The Morgan fingerprint density at radius 3 is 2.14 bits per heavy atom. The molecule has 0 aliphatic rings. The fraction of sp³-hybridized carbons (Fsp3) is 0. The third-order valence-electron chi connectivity index (χ3n) is 1.34. The van der Waals surface area contributed by atoms with Crippen LogP contribution < -0.4 is 0 Å². The van der Waals surface area contributed by atoms with E-state index in [4.69, 9.17) is 4.55 Å². The summed E-state index contributed by atoms with van der Waals surface area (Å²) in [5.41, 5.74) is -0.634. The number of nitrogens with zero attached hydrogens (tertiary/aromatic N) is 1. The van der Waals surface area contributed by atoms with Crippen LogP contribution >= 0.6 is 0 Å². The smallest absolute Gasteiger partial charge is 0.301 e. The molecule has 0 atom stereocenters. The first kappa shape index (κ1) is 12.5. The van der Waals surface area contributed by atoms with E-state index in [9.17, 15) is 18.5 Å². The zero-order valence-electron chi connectivity index (χ0n) is 6.75. The third kappa shape index (κ3) is 2.49. The second-order valence-corrected chi connectivity index (χ2v) is 3.59. The molecule has 0 radical (unpaired) electrons. The number of nitro groups is 1. The van der Waals surface area contributed by atoms with Gasteiger partial charge in [0.2, 0.25) is 0 Å². The number of para-hydroxylation sites is 1. The van der Waals surface area contributed by atoms with E-state index in [1.807, 2.05) is 0 Å². The Morgan fingerprint density at radius 1 is 1.29 bits per heavy atom. The summed E-state index contributed by atoms with van der Waals surface area (Å²) in [5, 5.41) is 10.3. The first-order valence-corrected chi connectivity index (χ1v) is 4.58. The number of benzene rings is 1. The SMILES string of the molecule is O.O=[N+]([O-])c1ccccc1S(=O)(=O)O. The predicted molar refractivity (Wildman–Crippen MR) is 46.5 cm³/mol. The molecule has 0 aliphatic carbocycles. The van der Waals surface area contributed by atoms with Crippen molar-refractivity contribution in [1.82, 2.24) is 0 Å². The number of rotatable bonds is 2. The molecule has 0 fully saturated rings. The molecule has 1 aromatic carbocycles. The highest BCUT2D eigenvalue weighted by atomic mass is 32.2. The third-order valence-corrected chi connectivity index (χ3v) is 2.24. The van der Waals surface area contributed by atoms with Gasteiger partial charge in [-0.05, 0) is 6.07 Å². The average molecular weight is 221 g/mol. The molecule has 7 nitrogen and oxygen atoms in total. The quantitative estimate of drug-likeness (QED) is 0.427. The zero-order chi connectivity index (χ0) is 10.1. The highest BCUT2D eigenvalue weighted by Gasteiger charge is 2.22. The molecule has 0 spiro atoms. The summed E-state index contributed by atoms with van der Waals surface area (Å²) in [6, 6.07) is 4.57. The minimum atomic E-state index is -4.52. The van der Waals surface area contributed by atoms with Gasteiger partial charge < -0.3 is 5.48 Å². The Hall–Kier alpha value is -1.51. The van der Waals surface area contributed by atoms with E-state index in [0.717, 1.165) is 12.1 Å². The van der Waals surface area contributed by atoms with Crippen molar-refractivity contribution in [3.8, 4) is 0 Å². The van der Waals surface area contributed by atoms with Crippen molar-refractivity contribution in [3.63, 3.8) is 0 Å². The van der Waals surface area contributed by atoms with Crippen molar-refractivity contribution < 1.29 is 23.4 Å². The molecule has 0 unspecified atom stereocenters. The van der Waals surface area contributed by atoms with Crippen LogP contribution in [0.3, 0.4) is 0 Å². The molecule has 0 bridgehead atoms. The topological polar surface area (TPSA) is 129 Å². The van der Waals surface area contributed by atoms with Crippen LogP contribution in [0.25, 0.3) is 0 Å².